The highest BCUT2D eigenvalue weighted by Crippen LogP contribution is 2.32. The molecular weight excluding hydrogens is 166 g/mol. The van der Waals surface area contributed by atoms with Gasteiger partial charge in [0, 0.05) is 19.2 Å². The number of aliphatic hydroxyl groups excluding tert-OH is 2. The van der Waals surface area contributed by atoms with Crippen LogP contribution in [0.15, 0.2) is 0 Å². The van der Waals surface area contributed by atoms with Crippen LogP contribution in [-0.4, -0.2) is 40.5 Å². The summed E-state index contributed by atoms with van der Waals surface area (Å²) in [6, 6.07) is 0.447. The normalized spacial score (nSPS) is 41.5. The van der Waals surface area contributed by atoms with Gasteiger partial charge in [-0.25, -0.2) is 0 Å². The van der Waals surface area contributed by atoms with Gasteiger partial charge in [0.2, 0.25) is 0 Å². The molecule has 2 rings (SSSR count). The van der Waals surface area contributed by atoms with E-state index in [0.29, 0.717) is 12.0 Å². The second kappa shape index (κ2) is 3.95. The average molecular weight is 185 g/mol. The first kappa shape index (κ1) is 9.44. The van der Waals surface area contributed by atoms with Crippen molar-refractivity contribution in [2.24, 2.45) is 5.92 Å². The van der Waals surface area contributed by atoms with Gasteiger partial charge in [-0.15, -0.1) is 0 Å². The maximum Gasteiger partial charge on any atom is 0.107 e. The fraction of sp³-hybridized carbons (Fsp3) is 1.00. The monoisotopic (exact) mass is 185 g/mol. The van der Waals surface area contributed by atoms with E-state index in [0.717, 1.165) is 25.8 Å². The van der Waals surface area contributed by atoms with Crippen molar-refractivity contribution in [2.75, 3.05) is 13.2 Å². The molecule has 13 heavy (non-hydrogen) atoms. The number of piperidine rings is 2. The zero-order valence-electron chi connectivity index (χ0n) is 8.02. The van der Waals surface area contributed by atoms with Crippen molar-refractivity contribution in [3.8, 4) is 0 Å². The molecule has 0 unspecified atom stereocenters. The predicted octanol–water partition coefficient (Wildman–Crippen LogP) is 0.562. The lowest BCUT2D eigenvalue weighted by atomic mass is 9.83. The third-order valence-electron chi connectivity index (χ3n) is 3.55. The Bertz CT molecular complexity index is 174. The van der Waals surface area contributed by atoms with Gasteiger partial charge in [0.1, 0.15) is 6.23 Å². The molecule has 2 aliphatic rings. The largest absolute Gasteiger partial charge is 0.396 e. The van der Waals surface area contributed by atoms with Gasteiger partial charge in [-0.3, -0.25) is 4.90 Å². The van der Waals surface area contributed by atoms with Gasteiger partial charge in [0.15, 0.2) is 0 Å². The number of hydrogen-bond donors (Lipinski definition) is 2. The van der Waals surface area contributed by atoms with Crippen LogP contribution in [0.4, 0.5) is 0 Å². The molecule has 0 bridgehead atoms. The van der Waals surface area contributed by atoms with Crippen LogP contribution in [-0.2, 0) is 0 Å². The minimum absolute atomic E-state index is 0.243. The molecule has 0 radical (unpaired) electrons. The summed E-state index contributed by atoms with van der Waals surface area (Å²) in [6.07, 6.45) is 5.19. The second-order valence-corrected chi connectivity index (χ2v) is 4.30. The Balaban J connectivity index is 2.05. The van der Waals surface area contributed by atoms with E-state index in [1.54, 1.807) is 0 Å². The molecule has 0 aromatic rings. The summed E-state index contributed by atoms with van der Waals surface area (Å²) in [5.74, 6) is 0.406. The van der Waals surface area contributed by atoms with E-state index in [2.05, 4.69) is 4.90 Å². The maximum atomic E-state index is 9.76. The summed E-state index contributed by atoms with van der Waals surface area (Å²) in [7, 11) is 0. The van der Waals surface area contributed by atoms with Crippen LogP contribution in [0.5, 0.6) is 0 Å². The highest BCUT2D eigenvalue weighted by molar-refractivity contribution is 4.88. The van der Waals surface area contributed by atoms with E-state index < -0.39 is 0 Å². The first-order valence-electron chi connectivity index (χ1n) is 5.37. The maximum absolute atomic E-state index is 9.76. The van der Waals surface area contributed by atoms with E-state index in [4.69, 9.17) is 0 Å². The van der Waals surface area contributed by atoms with Crippen LogP contribution in [0, 0.1) is 5.92 Å². The number of nitrogens with zero attached hydrogens (tertiary/aromatic N) is 1. The number of fused-ring (bicyclic) bond motifs is 1. The highest BCUT2D eigenvalue weighted by Gasteiger charge is 2.36. The van der Waals surface area contributed by atoms with Crippen LogP contribution in [0.1, 0.15) is 32.1 Å². The van der Waals surface area contributed by atoms with E-state index >= 15 is 0 Å². The van der Waals surface area contributed by atoms with Crippen molar-refractivity contribution in [3.63, 3.8) is 0 Å². The molecule has 2 fully saturated rings. The molecule has 3 nitrogen and oxygen atoms in total. The van der Waals surface area contributed by atoms with E-state index in [-0.39, 0.29) is 12.8 Å². The van der Waals surface area contributed by atoms with Crippen molar-refractivity contribution in [3.05, 3.63) is 0 Å². The summed E-state index contributed by atoms with van der Waals surface area (Å²) in [4.78, 5) is 2.19. The number of hydrogen-bond acceptors (Lipinski definition) is 3. The summed E-state index contributed by atoms with van der Waals surface area (Å²) in [6.45, 7) is 1.30. The summed E-state index contributed by atoms with van der Waals surface area (Å²) in [5, 5.41) is 19.0. The Morgan fingerprint density at radius 2 is 2.00 bits per heavy atom. The van der Waals surface area contributed by atoms with Gasteiger partial charge in [0.25, 0.3) is 0 Å². The number of aliphatic hydroxyl groups is 2. The molecule has 0 aliphatic carbocycles. The quantitative estimate of drug-likeness (QED) is 0.627. The summed E-state index contributed by atoms with van der Waals surface area (Å²) in [5.41, 5.74) is 0. The van der Waals surface area contributed by atoms with Crippen molar-refractivity contribution in [1.29, 1.82) is 0 Å². The van der Waals surface area contributed by atoms with Crippen molar-refractivity contribution < 1.29 is 10.2 Å². The standard InChI is InChI=1S/C10H19NO2/c12-7-8-4-5-10(13)11-6-2-1-3-9(8)11/h8-10,12-13H,1-7H2/t8-,9-,10+/m1/s1. The topological polar surface area (TPSA) is 43.7 Å². The van der Waals surface area contributed by atoms with E-state index in [9.17, 15) is 10.2 Å². The molecule has 0 aromatic heterocycles. The minimum Gasteiger partial charge on any atom is -0.396 e. The van der Waals surface area contributed by atoms with Crippen LogP contribution in [0.25, 0.3) is 0 Å². The Hall–Kier alpha value is -0.120. The molecule has 3 atom stereocenters. The van der Waals surface area contributed by atoms with Crippen LogP contribution < -0.4 is 0 Å². The molecule has 2 N–H and O–H groups in total. The fourth-order valence-corrected chi connectivity index (χ4v) is 2.79. The lowest BCUT2D eigenvalue weighted by Crippen LogP contribution is -2.54. The Morgan fingerprint density at radius 3 is 2.77 bits per heavy atom. The Kier molecular flexibility index (Phi) is 2.86. The van der Waals surface area contributed by atoms with Crippen LogP contribution >= 0.6 is 0 Å². The lowest BCUT2D eigenvalue weighted by Gasteiger charge is -2.46. The number of rotatable bonds is 1. The molecule has 0 aromatic carbocycles. The first-order chi connectivity index (χ1) is 6.33. The molecule has 2 aliphatic heterocycles. The summed E-state index contributed by atoms with van der Waals surface area (Å²) >= 11 is 0. The minimum atomic E-state index is -0.243. The van der Waals surface area contributed by atoms with Crippen molar-refractivity contribution in [2.45, 2.75) is 44.4 Å². The molecule has 0 spiro atoms. The third-order valence-corrected chi connectivity index (χ3v) is 3.55. The van der Waals surface area contributed by atoms with Crippen molar-refractivity contribution in [1.82, 2.24) is 4.90 Å². The van der Waals surface area contributed by atoms with Crippen LogP contribution in [0.2, 0.25) is 0 Å². The molecule has 0 saturated carbocycles. The Labute approximate surface area is 79.4 Å². The van der Waals surface area contributed by atoms with Crippen molar-refractivity contribution >= 4 is 0 Å². The fourth-order valence-electron chi connectivity index (χ4n) is 2.79. The SMILES string of the molecule is OC[C@H]1CC[C@H](O)N2CCCC[C@H]12. The predicted molar refractivity (Wildman–Crippen MR) is 50.2 cm³/mol. The highest BCUT2D eigenvalue weighted by atomic mass is 16.3. The van der Waals surface area contributed by atoms with Crippen LogP contribution in [0.3, 0.4) is 0 Å². The van der Waals surface area contributed by atoms with Gasteiger partial charge in [0.05, 0.1) is 0 Å². The van der Waals surface area contributed by atoms with Gasteiger partial charge in [-0.05, 0) is 31.6 Å². The molecule has 3 heteroatoms. The van der Waals surface area contributed by atoms with Gasteiger partial charge in [-0.1, -0.05) is 6.42 Å². The summed E-state index contributed by atoms with van der Waals surface area (Å²) < 4.78 is 0. The second-order valence-electron chi connectivity index (χ2n) is 4.30. The zero-order valence-corrected chi connectivity index (χ0v) is 8.02. The lowest BCUT2D eigenvalue weighted by molar-refractivity contribution is -0.100. The first-order valence-corrected chi connectivity index (χ1v) is 5.37. The van der Waals surface area contributed by atoms with E-state index in [1.807, 2.05) is 0 Å². The molecule has 2 heterocycles. The zero-order chi connectivity index (χ0) is 9.26. The molecule has 76 valence electrons. The van der Waals surface area contributed by atoms with E-state index in [1.165, 1.54) is 12.8 Å². The smallest absolute Gasteiger partial charge is 0.107 e. The van der Waals surface area contributed by atoms with Gasteiger partial charge < -0.3 is 10.2 Å². The molecular formula is C10H19NO2. The third kappa shape index (κ3) is 1.73. The van der Waals surface area contributed by atoms with Gasteiger partial charge >= 0.3 is 0 Å². The Morgan fingerprint density at radius 1 is 1.15 bits per heavy atom. The molecule has 0 amide bonds. The average Bonchev–Trinajstić information content (AvgIpc) is 2.19. The molecule has 2 saturated heterocycles. The van der Waals surface area contributed by atoms with Gasteiger partial charge in [-0.2, -0.15) is 0 Å².